The fourth-order valence-corrected chi connectivity index (χ4v) is 2.19. The summed E-state index contributed by atoms with van der Waals surface area (Å²) in [6.07, 6.45) is 2.48. The Hall–Kier alpha value is -2.21. The van der Waals surface area contributed by atoms with E-state index in [0.717, 1.165) is 0 Å². The highest BCUT2D eigenvalue weighted by Crippen LogP contribution is 2.12. The normalized spacial score (nSPS) is 11.6. The third-order valence-corrected chi connectivity index (χ3v) is 3.98. The van der Waals surface area contributed by atoms with E-state index in [-0.39, 0.29) is 24.6 Å². The van der Waals surface area contributed by atoms with Crippen LogP contribution in [0.15, 0.2) is 35.4 Å². The number of carbonyl (C=O) groups excluding carboxylic acids is 1. The zero-order chi connectivity index (χ0) is 16.2. The molecule has 0 bridgehead atoms. The molecule has 0 saturated carbocycles. The Kier molecular flexibility index (Phi) is 4.92. The molecule has 0 atom stereocenters. The number of para-hydroxylation sites is 1. The quantitative estimate of drug-likeness (QED) is 0.836. The minimum Gasteiger partial charge on any atom is -0.388 e. The molecule has 6 nitrogen and oxygen atoms in total. The van der Waals surface area contributed by atoms with Gasteiger partial charge in [0.2, 0.25) is 5.91 Å². The number of nitrogens with zero attached hydrogens (tertiary/aromatic N) is 2. The molecule has 6 heteroatoms. The predicted molar refractivity (Wildman–Crippen MR) is 84.5 cm³/mol. The van der Waals surface area contributed by atoms with Crippen LogP contribution in [0.25, 0.3) is 10.9 Å². The van der Waals surface area contributed by atoms with Crippen LogP contribution in [-0.2, 0) is 11.3 Å². The molecule has 0 aliphatic carbocycles. The third-order valence-electron chi connectivity index (χ3n) is 3.98. The standard InChI is InChI=1S/C16H21N3O3/c1-3-16(22,4-2)10-17-14(20)9-19-11-18-13-8-6-5-7-12(13)15(19)21/h5-8,11,22H,3-4,9-10H2,1-2H3,(H,17,20). The summed E-state index contributed by atoms with van der Waals surface area (Å²) in [5, 5.41) is 13.3. The van der Waals surface area contributed by atoms with Crippen molar-refractivity contribution in [2.45, 2.75) is 38.8 Å². The molecule has 1 heterocycles. The lowest BCUT2D eigenvalue weighted by Crippen LogP contribution is -2.43. The van der Waals surface area contributed by atoms with E-state index >= 15 is 0 Å². The first-order valence-corrected chi connectivity index (χ1v) is 7.42. The summed E-state index contributed by atoms with van der Waals surface area (Å²) in [4.78, 5) is 28.4. The van der Waals surface area contributed by atoms with Crippen LogP contribution in [0.4, 0.5) is 0 Å². The zero-order valence-electron chi connectivity index (χ0n) is 12.9. The Labute approximate surface area is 128 Å². The highest BCUT2D eigenvalue weighted by molar-refractivity contribution is 5.78. The van der Waals surface area contributed by atoms with Crippen LogP contribution < -0.4 is 10.9 Å². The molecule has 0 fully saturated rings. The van der Waals surface area contributed by atoms with Crippen molar-refractivity contribution >= 4 is 16.8 Å². The Balaban J connectivity index is 2.09. The van der Waals surface area contributed by atoms with Gasteiger partial charge in [-0.25, -0.2) is 4.98 Å². The number of rotatable bonds is 6. The topological polar surface area (TPSA) is 84.2 Å². The van der Waals surface area contributed by atoms with E-state index in [0.29, 0.717) is 23.7 Å². The second-order valence-corrected chi connectivity index (χ2v) is 5.40. The van der Waals surface area contributed by atoms with Crippen molar-refractivity contribution in [3.8, 4) is 0 Å². The highest BCUT2D eigenvalue weighted by atomic mass is 16.3. The van der Waals surface area contributed by atoms with E-state index < -0.39 is 5.60 Å². The molecule has 0 unspecified atom stereocenters. The van der Waals surface area contributed by atoms with Crippen molar-refractivity contribution in [3.63, 3.8) is 0 Å². The first-order valence-electron chi connectivity index (χ1n) is 7.42. The predicted octanol–water partition coefficient (Wildman–Crippen LogP) is 1.06. The molecule has 0 spiro atoms. The smallest absolute Gasteiger partial charge is 0.261 e. The first-order chi connectivity index (χ1) is 10.5. The summed E-state index contributed by atoms with van der Waals surface area (Å²) in [6.45, 7) is 3.80. The summed E-state index contributed by atoms with van der Waals surface area (Å²) >= 11 is 0. The van der Waals surface area contributed by atoms with Gasteiger partial charge in [-0.1, -0.05) is 26.0 Å². The lowest BCUT2D eigenvalue weighted by atomic mass is 9.98. The molecule has 0 aliphatic rings. The Morgan fingerprint density at radius 1 is 1.32 bits per heavy atom. The second-order valence-electron chi connectivity index (χ2n) is 5.40. The van der Waals surface area contributed by atoms with Crippen LogP contribution in [0.3, 0.4) is 0 Å². The van der Waals surface area contributed by atoms with Gasteiger partial charge in [0, 0.05) is 6.54 Å². The van der Waals surface area contributed by atoms with Crippen molar-refractivity contribution in [1.29, 1.82) is 0 Å². The fraction of sp³-hybridized carbons (Fsp3) is 0.438. The van der Waals surface area contributed by atoms with Gasteiger partial charge >= 0.3 is 0 Å². The number of nitrogens with one attached hydrogen (secondary N) is 1. The molecule has 1 aromatic carbocycles. The van der Waals surface area contributed by atoms with Crippen molar-refractivity contribution in [3.05, 3.63) is 40.9 Å². The van der Waals surface area contributed by atoms with Crippen LogP contribution in [0.1, 0.15) is 26.7 Å². The number of aliphatic hydroxyl groups is 1. The van der Waals surface area contributed by atoms with E-state index in [4.69, 9.17) is 0 Å². The summed E-state index contributed by atoms with van der Waals surface area (Å²) in [6, 6.07) is 7.01. The van der Waals surface area contributed by atoms with Crippen LogP contribution in [-0.4, -0.2) is 32.7 Å². The van der Waals surface area contributed by atoms with Gasteiger partial charge < -0.3 is 10.4 Å². The molecule has 118 valence electrons. The molecule has 22 heavy (non-hydrogen) atoms. The lowest BCUT2D eigenvalue weighted by Gasteiger charge is -2.25. The number of fused-ring (bicyclic) bond motifs is 1. The van der Waals surface area contributed by atoms with Crippen molar-refractivity contribution < 1.29 is 9.90 Å². The molecular formula is C16H21N3O3. The van der Waals surface area contributed by atoms with Gasteiger partial charge in [-0.15, -0.1) is 0 Å². The van der Waals surface area contributed by atoms with Crippen molar-refractivity contribution in [2.24, 2.45) is 0 Å². The minimum absolute atomic E-state index is 0.111. The van der Waals surface area contributed by atoms with Crippen LogP contribution in [0.5, 0.6) is 0 Å². The zero-order valence-corrected chi connectivity index (χ0v) is 12.9. The summed E-state index contributed by atoms with van der Waals surface area (Å²) in [5.74, 6) is -0.320. The van der Waals surface area contributed by atoms with E-state index in [1.54, 1.807) is 18.2 Å². The Bertz CT molecular complexity index is 720. The number of carbonyl (C=O) groups is 1. The minimum atomic E-state index is -0.901. The number of amides is 1. The Morgan fingerprint density at radius 3 is 2.68 bits per heavy atom. The summed E-state index contributed by atoms with van der Waals surface area (Å²) in [7, 11) is 0. The van der Waals surface area contributed by atoms with Gasteiger partial charge in [-0.3, -0.25) is 14.2 Å². The molecule has 2 N–H and O–H groups in total. The van der Waals surface area contributed by atoms with Gasteiger partial charge in [-0.2, -0.15) is 0 Å². The second kappa shape index (κ2) is 6.70. The maximum absolute atomic E-state index is 12.3. The van der Waals surface area contributed by atoms with E-state index in [1.807, 2.05) is 19.9 Å². The first kappa shape index (κ1) is 16.2. The fourth-order valence-electron chi connectivity index (χ4n) is 2.19. The number of aromatic nitrogens is 2. The molecule has 0 aliphatic heterocycles. The van der Waals surface area contributed by atoms with Crippen LogP contribution in [0.2, 0.25) is 0 Å². The van der Waals surface area contributed by atoms with Gasteiger partial charge in [0.05, 0.1) is 22.8 Å². The molecule has 2 rings (SSSR count). The molecule has 1 aromatic heterocycles. The third kappa shape index (κ3) is 3.51. The maximum Gasteiger partial charge on any atom is 0.261 e. The van der Waals surface area contributed by atoms with E-state index in [2.05, 4.69) is 10.3 Å². The SMILES string of the molecule is CCC(O)(CC)CNC(=O)Cn1cnc2ccccc2c1=O. The monoisotopic (exact) mass is 303 g/mol. The average Bonchev–Trinajstić information content (AvgIpc) is 2.55. The lowest BCUT2D eigenvalue weighted by molar-refractivity contribution is -0.123. The molecule has 0 saturated heterocycles. The molecule has 0 radical (unpaired) electrons. The van der Waals surface area contributed by atoms with Gasteiger partial charge in [0.25, 0.3) is 5.56 Å². The van der Waals surface area contributed by atoms with Crippen LogP contribution >= 0.6 is 0 Å². The van der Waals surface area contributed by atoms with E-state index in [1.165, 1.54) is 10.9 Å². The molecule has 1 amide bonds. The number of hydrogen-bond donors (Lipinski definition) is 2. The molecule has 2 aromatic rings. The number of hydrogen-bond acceptors (Lipinski definition) is 4. The summed E-state index contributed by atoms with van der Waals surface area (Å²) < 4.78 is 1.27. The van der Waals surface area contributed by atoms with Crippen LogP contribution in [0, 0.1) is 0 Å². The highest BCUT2D eigenvalue weighted by Gasteiger charge is 2.22. The van der Waals surface area contributed by atoms with Gasteiger partial charge in [0.1, 0.15) is 6.54 Å². The van der Waals surface area contributed by atoms with Gasteiger partial charge in [0.15, 0.2) is 0 Å². The van der Waals surface area contributed by atoms with E-state index in [9.17, 15) is 14.7 Å². The summed E-state index contributed by atoms with van der Waals surface area (Å²) in [5.41, 5.74) is -0.542. The number of benzene rings is 1. The molecular weight excluding hydrogens is 282 g/mol. The largest absolute Gasteiger partial charge is 0.388 e. The Morgan fingerprint density at radius 2 is 2.00 bits per heavy atom. The van der Waals surface area contributed by atoms with Gasteiger partial charge in [-0.05, 0) is 25.0 Å². The van der Waals surface area contributed by atoms with Crippen molar-refractivity contribution in [1.82, 2.24) is 14.9 Å². The maximum atomic E-state index is 12.3. The average molecular weight is 303 g/mol. The van der Waals surface area contributed by atoms with Crippen molar-refractivity contribution in [2.75, 3.05) is 6.54 Å².